The molecule has 3 nitrogen and oxygen atoms in total. The maximum absolute atomic E-state index is 5.90. The van der Waals surface area contributed by atoms with Crippen LogP contribution in [0.4, 0.5) is 5.82 Å². The summed E-state index contributed by atoms with van der Waals surface area (Å²) < 4.78 is 0. The van der Waals surface area contributed by atoms with E-state index in [1.165, 1.54) is 23.1 Å². The minimum absolute atomic E-state index is 0.557. The second kappa shape index (κ2) is 5.63. The molecular weight excluding hydrogens is 246 g/mol. The fraction of sp³-hybridized carbons (Fsp3) is 0.353. The molecule has 3 heteroatoms. The summed E-state index contributed by atoms with van der Waals surface area (Å²) in [6, 6.07) is 12.8. The highest BCUT2D eigenvalue weighted by atomic mass is 15.2. The van der Waals surface area contributed by atoms with Crippen LogP contribution in [0.5, 0.6) is 0 Å². The van der Waals surface area contributed by atoms with Gasteiger partial charge in [-0.15, -0.1) is 0 Å². The number of nitrogens with two attached hydrogens (primary N) is 1. The number of rotatable bonds is 3. The topological polar surface area (TPSA) is 42.2 Å². The van der Waals surface area contributed by atoms with Crippen LogP contribution in [0.3, 0.4) is 0 Å². The molecule has 1 fully saturated rings. The molecule has 0 bridgehead atoms. The second-order valence-corrected chi connectivity index (χ2v) is 5.48. The van der Waals surface area contributed by atoms with Gasteiger partial charge in [-0.3, -0.25) is 0 Å². The monoisotopic (exact) mass is 267 g/mol. The second-order valence-electron chi connectivity index (χ2n) is 5.48. The number of benzene rings is 1. The molecule has 1 atom stereocenters. The molecule has 1 aliphatic heterocycles. The van der Waals surface area contributed by atoms with Crippen LogP contribution in [0.15, 0.2) is 42.6 Å². The highest BCUT2D eigenvalue weighted by Crippen LogP contribution is 2.31. The molecule has 2 aromatic rings. The van der Waals surface area contributed by atoms with E-state index in [4.69, 9.17) is 5.73 Å². The van der Waals surface area contributed by atoms with Crippen molar-refractivity contribution in [2.24, 2.45) is 5.73 Å². The smallest absolute Gasteiger partial charge is 0.133 e. The van der Waals surface area contributed by atoms with Gasteiger partial charge < -0.3 is 10.6 Å². The summed E-state index contributed by atoms with van der Waals surface area (Å²) in [5, 5.41) is 0. The third-order valence-electron chi connectivity index (χ3n) is 4.23. The zero-order valence-electron chi connectivity index (χ0n) is 11.9. The van der Waals surface area contributed by atoms with E-state index in [9.17, 15) is 0 Å². The zero-order chi connectivity index (χ0) is 13.9. The fourth-order valence-electron chi connectivity index (χ4n) is 3.05. The number of hydrogen-bond acceptors (Lipinski definition) is 3. The number of hydrogen-bond donors (Lipinski definition) is 1. The summed E-state index contributed by atoms with van der Waals surface area (Å²) in [7, 11) is 0. The Labute approximate surface area is 120 Å². The lowest BCUT2D eigenvalue weighted by Gasteiger charge is -2.21. The van der Waals surface area contributed by atoms with Crippen LogP contribution in [-0.2, 0) is 6.54 Å². The van der Waals surface area contributed by atoms with E-state index in [0.717, 1.165) is 18.9 Å². The molecule has 1 aromatic heterocycles. The van der Waals surface area contributed by atoms with Gasteiger partial charge in [-0.1, -0.05) is 30.3 Å². The maximum atomic E-state index is 5.90. The van der Waals surface area contributed by atoms with Crippen molar-refractivity contribution in [3.63, 3.8) is 0 Å². The van der Waals surface area contributed by atoms with E-state index in [1.54, 1.807) is 0 Å². The van der Waals surface area contributed by atoms with Crippen molar-refractivity contribution < 1.29 is 0 Å². The summed E-state index contributed by atoms with van der Waals surface area (Å²) in [5.41, 5.74) is 9.74. The van der Waals surface area contributed by atoms with Crippen LogP contribution in [0.25, 0.3) is 0 Å². The Morgan fingerprint density at radius 2 is 2.05 bits per heavy atom. The van der Waals surface area contributed by atoms with Crippen LogP contribution < -0.4 is 10.6 Å². The van der Waals surface area contributed by atoms with Gasteiger partial charge in [-0.05, 0) is 30.5 Å². The van der Waals surface area contributed by atoms with E-state index in [2.05, 4.69) is 47.1 Å². The first-order chi connectivity index (χ1) is 9.79. The Bertz CT molecular complexity index is 580. The first kappa shape index (κ1) is 13.1. The Morgan fingerprint density at radius 3 is 2.80 bits per heavy atom. The minimum atomic E-state index is 0.557. The molecule has 0 aliphatic carbocycles. The van der Waals surface area contributed by atoms with Crippen molar-refractivity contribution in [2.45, 2.75) is 25.8 Å². The van der Waals surface area contributed by atoms with E-state index in [1.807, 2.05) is 12.3 Å². The molecule has 1 saturated heterocycles. The van der Waals surface area contributed by atoms with Gasteiger partial charge in [0.2, 0.25) is 0 Å². The van der Waals surface area contributed by atoms with Crippen molar-refractivity contribution in [3.05, 3.63) is 59.3 Å². The first-order valence-corrected chi connectivity index (χ1v) is 7.24. The average molecular weight is 267 g/mol. The van der Waals surface area contributed by atoms with Crippen molar-refractivity contribution in [1.82, 2.24) is 4.98 Å². The standard InChI is InChI=1S/C17H21N3/c1-13-7-9-19-17(16(13)11-18)20-10-8-15(12-20)14-5-3-2-4-6-14/h2-7,9,15H,8,10-12,18H2,1H3. The molecule has 1 aliphatic rings. The van der Waals surface area contributed by atoms with Crippen LogP contribution in [0.1, 0.15) is 29.0 Å². The number of aromatic nitrogens is 1. The molecule has 104 valence electrons. The molecule has 2 N–H and O–H groups in total. The maximum Gasteiger partial charge on any atom is 0.133 e. The van der Waals surface area contributed by atoms with E-state index >= 15 is 0 Å². The quantitative estimate of drug-likeness (QED) is 0.930. The lowest BCUT2D eigenvalue weighted by molar-refractivity contribution is 0.773. The van der Waals surface area contributed by atoms with Crippen LogP contribution in [0, 0.1) is 6.92 Å². The lowest BCUT2D eigenvalue weighted by Crippen LogP contribution is -2.23. The van der Waals surface area contributed by atoms with Gasteiger partial charge in [-0.25, -0.2) is 4.98 Å². The van der Waals surface area contributed by atoms with Gasteiger partial charge in [0, 0.05) is 37.3 Å². The van der Waals surface area contributed by atoms with Gasteiger partial charge in [0.05, 0.1) is 0 Å². The fourth-order valence-corrected chi connectivity index (χ4v) is 3.05. The molecule has 0 radical (unpaired) electrons. The SMILES string of the molecule is Cc1ccnc(N2CCC(c3ccccc3)C2)c1CN. The van der Waals surface area contributed by atoms with Gasteiger partial charge in [-0.2, -0.15) is 0 Å². The number of pyridine rings is 1. The zero-order valence-corrected chi connectivity index (χ0v) is 11.9. The average Bonchev–Trinajstić information content (AvgIpc) is 2.97. The van der Waals surface area contributed by atoms with Crippen molar-refractivity contribution in [3.8, 4) is 0 Å². The van der Waals surface area contributed by atoms with Crippen molar-refractivity contribution in [1.29, 1.82) is 0 Å². The van der Waals surface area contributed by atoms with Crippen LogP contribution in [-0.4, -0.2) is 18.1 Å². The highest BCUT2D eigenvalue weighted by Gasteiger charge is 2.26. The molecule has 1 unspecified atom stereocenters. The molecule has 0 spiro atoms. The largest absolute Gasteiger partial charge is 0.356 e. The Balaban J connectivity index is 1.83. The predicted octanol–water partition coefficient (Wildman–Crippen LogP) is 2.84. The van der Waals surface area contributed by atoms with Crippen LogP contribution in [0.2, 0.25) is 0 Å². The van der Waals surface area contributed by atoms with Gasteiger partial charge >= 0.3 is 0 Å². The van der Waals surface area contributed by atoms with E-state index in [0.29, 0.717) is 12.5 Å². The summed E-state index contributed by atoms with van der Waals surface area (Å²) in [5.74, 6) is 1.68. The Hall–Kier alpha value is -1.87. The number of anilines is 1. The minimum Gasteiger partial charge on any atom is -0.356 e. The molecule has 3 rings (SSSR count). The molecule has 0 saturated carbocycles. The van der Waals surface area contributed by atoms with Crippen molar-refractivity contribution in [2.75, 3.05) is 18.0 Å². The van der Waals surface area contributed by atoms with Crippen molar-refractivity contribution >= 4 is 5.82 Å². The van der Waals surface area contributed by atoms with Crippen LogP contribution >= 0.6 is 0 Å². The van der Waals surface area contributed by atoms with Gasteiger partial charge in [0.1, 0.15) is 5.82 Å². The molecule has 1 aromatic carbocycles. The summed E-state index contributed by atoms with van der Waals surface area (Å²) in [6.07, 6.45) is 3.07. The molecule has 2 heterocycles. The summed E-state index contributed by atoms with van der Waals surface area (Å²) in [4.78, 5) is 6.95. The summed E-state index contributed by atoms with van der Waals surface area (Å²) >= 11 is 0. The third-order valence-corrected chi connectivity index (χ3v) is 4.23. The number of nitrogens with zero attached hydrogens (tertiary/aromatic N) is 2. The van der Waals surface area contributed by atoms with E-state index < -0.39 is 0 Å². The van der Waals surface area contributed by atoms with Gasteiger partial charge in [0.25, 0.3) is 0 Å². The Kier molecular flexibility index (Phi) is 3.70. The highest BCUT2D eigenvalue weighted by molar-refractivity contribution is 5.51. The third kappa shape index (κ3) is 2.41. The number of aryl methyl sites for hydroxylation is 1. The van der Waals surface area contributed by atoms with E-state index in [-0.39, 0.29) is 0 Å². The molecule has 20 heavy (non-hydrogen) atoms. The van der Waals surface area contributed by atoms with Gasteiger partial charge in [0.15, 0.2) is 0 Å². The Morgan fingerprint density at radius 1 is 1.25 bits per heavy atom. The molecule has 0 amide bonds. The first-order valence-electron chi connectivity index (χ1n) is 7.24. The summed E-state index contributed by atoms with van der Waals surface area (Å²) in [6.45, 7) is 4.76. The molecular formula is C17H21N3. The normalized spacial score (nSPS) is 18.5. The lowest BCUT2D eigenvalue weighted by atomic mass is 9.99. The predicted molar refractivity (Wildman–Crippen MR) is 82.9 cm³/mol.